The third-order valence-electron chi connectivity index (χ3n) is 4.85. The Bertz CT molecular complexity index is 1250. The first-order chi connectivity index (χ1) is 14.6. The van der Waals surface area contributed by atoms with E-state index in [-0.39, 0.29) is 5.91 Å². The number of nitrogens with zero attached hydrogens (tertiary/aromatic N) is 4. The van der Waals surface area contributed by atoms with Gasteiger partial charge in [-0.05, 0) is 37.3 Å². The average Bonchev–Trinajstić information content (AvgIpc) is 3.32. The van der Waals surface area contributed by atoms with Gasteiger partial charge in [0.2, 0.25) is 0 Å². The standard InChI is InChI=1S/C22H22N4O3S/c1-15-18(14-23-26(15)16-7-5-4-6-8-16)21(27)24-22-25(11-12-28-2)19-10-9-17(29-3)13-20(19)30-22/h4-10,13-14H,11-12H2,1-3H3. The van der Waals surface area contributed by atoms with Crippen molar-refractivity contribution in [3.05, 3.63) is 70.8 Å². The quantitative estimate of drug-likeness (QED) is 0.476. The highest BCUT2D eigenvalue weighted by molar-refractivity contribution is 7.16. The van der Waals surface area contributed by atoms with Crippen LogP contribution in [0.5, 0.6) is 5.75 Å². The summed E-state index contributed by atoms with van der Waals surface area (Å²) < 4.78 is 15.3. The van der Waals surface area contributed by atoms with Gasteiger partial charge in [0.15, 0.2) is 4.80 Å². The zero-order valence-electron chi connectivity index (χ0n) is 17.0. The number of aromatic nitrogens is 3. The van der Waals surface area contributed by atoms with E-state index < -0.39 is 0 Å². The van der Waals surface area contributed by atoms with Crippen LogP contribution in [0.3, 0.4) is 0 Å². The van der Waals surface area contributed by atoms with Crippen LogP contribution in [0.4, 0.5) is 0 Å². The fraction of sp³-hybridized carbons (Fsp3) is 0.227. The molecule has 30 heavy (non-hydrogen) atoms. The maximum Gasteiger partial charge on any atom is 0.283 e. The molecule has 2 aromatic heterocycles. The molecule has 4 aromatic rings. The summed E-state index contributed by atoms with van der Waals surface area (Å²) in [5.74, 6) is 0.444. The second kappa shape index (κ2) is 8.64. The number of thiazole rings is 1. The minimum atomic E-state index is -0.320. The lowest BCUT2D eigenvalue weighted by atomic mass is 10.2. The Morgan fingerprint density at radius 1 is 1.17 bits per heavy atom. The monoisotopic (exact) mass is 422 g/mol. The molecule has 154 valence electrons. The largest absolute Gasteiger partial charge is 0.497 e. The summed E-state index contributed by atoms with van der Waals surface area (Å²) in [6.45, 7) is 2.99. The van der Waals surface area contributed by atoms with Crippen LogP contribution in [-0.2, 0) is 11.3 Å². The Kier molecular flexibility index (Phi) is 5.78. The molecule has 0 radical (unpaired) electrons. The molecule has 7 nitrogen and oxygen atoms in total. The van der Waals surface area contributed by atoms with Crippen LogP contribution in [0, 0.1) is 6.92 Å². The minimum Gasteiger partial charge on any atom is -0.497 e. The summed E-state index contributed by atoms with van der Waals surface area (Å²) in [5.41, 5.74) is 3.12. The van der Waals surface area contributed by atoms with Gasteiger partial charge >= 0.3 is 0 Å². The highest BCUT2D eigenvalue weighted by atomic mass is 32.1. The molecular formula is C22H22N4O3S. The number of fused-ring (bicyclic) bond motifs is 1. The summed E-state index contributed by atoms with van der Waals surface area (Å²) >= 11 is 1.45. The second-order valence-electron chi connectivity index (χ2n) is 6.67. The summed E-state index contributed by atoms with van der Waals surface area (Å²) in [5, 5.41) is 4.38. The van der Waals surface area contributed by atoms with Crippen LogP contribution >= 0.6 is 11.3 Å². The number of carbonyl (C=O) groups excluding carboxylic acids is 1. The van der Waals surface area contributed by atoms with E-state index in [0.29, 0.717) is 23.5 Å². The average molecular weight is 423 g/mol. The predicted octanol–water partition coefficient (Wildman–Crippen LogP) is 3.59. The van der Waals surface area contributed by atoms with Gasteiger partial charge in [-0.25, -0.2) is 4.68 Å². The minimum absolute atomic E-state index is 0.320. The molecule has 0 spiro atoms. The van der Waals surface area contributed by atoms with Crippen LogP contribution in [0.15, 0.2) is 59.7 Å². The van der Waals surface area contributed by atoms with Gasteiger partial charge in [-0.1, -0.05) is 29.5 Å². The maximum atomic E-state index is 13.0. The third-order valence-corrected chi connectivity index (χ3v) is 5.89. The van der Waals surface area contributed by atoms with Crippen molar-refractivity contribution in [3.63, 3.8) is 0 Å². The fourth-order valence-corrected chi connectivity index (χ4v) is 4.34. The number of ether oxygens (including phenoxy) is 2. The van der Waals surface area contributed by atoms with Gasteiger partial charge in [-0.15, -0.1) is 0 Å². The van der Waals surface area contributed by atoms with E-state index in [1.165, 1.54) is 11.3 Å². The van der Waals surface area contributed by atoms with Crippen LogP contribution in [0.1, 0.15) is 16.1 Å². The number of rotatable bonds is 6. The van der Waals surface area contributed by atoms with Gasteiger partial charge < -0.3 is 14.0 Å². The Morgan fingerprint density at radius 3 is 2.70 bits per heavy atom. The zero-order valence-corrected chi connectivity index (χ0v) is 17.8. The normalized spacial score (nSPS) is 11.9. The molecule has 2 heterocycles. The molecule has 0 saturated heterocycles. The smallest absolute Gasteiger partial charge is 0.283 e. The van der Waals surface area contributed by atoms with Crippen molar-refractivity contribution < 1.29 is 14.3 Å². The van der Waals surface area contributed by atoms with E-state index in [9.17, 15) is 4.79 Å². The van der Waals surface area contributed by atoms with Crippen molar-refractivity contribution in [2.75, 3.05) is 20.8 Å². The van der Waals surface area contributed by atoms with Crippen molar-refractivity contribution in [3.8, 4) is 11.4 Å². The van der Waals surface area contributed by atoms with Crippen molar-refractivity contribution in [1.82, 2.24) is 14.3 Å². The number of hydrogen-bond donors (Lipinski definition) is 0. The molecule has 4 rings (SSSR count). The first kappa shape index (κ1) is 20.1. The van der Waals surface area contributed by atoms with Gasteiger partial charge in [-0.3, -0.25) is 4.79 Å². The SMILES string of the molecule is COCCn1c(=NC(=O)c2cnn(-c3ccccc3)c2C)sc2cc(OC)ccc21. The number of para-hydroxylation sites is 1. The lowest BCUT2D eigenvalue weighted by Crippen LogP contribution is -2.19. The Hall–Kier alpha value is -3.23. The maximum absolute atomic E-state index is 13.0. The molecule has 0 aliphatic heterocycles. The van der Waals surface area contributed by atoms with Crippen molar-refractivity contribution in [1.29, 1.82) is 0 Å². The number of benzene rings is 2. The van der Waals surface area contributed by atoms with E-state index in [4.69, 9.17) is 9.47 Å². The Balaban J connectivity index is 1.77. The number of methoxy groups -OCH3 is 2. The van der Waals surface area contributed by atoms with E-state index in [2.05, 4.69) is 10.1 Å². The molecule has 0 aliphatic rings. The van der Waals surface area contributed by atoms with Gasteiger partial charge in [-0.2, -0.15) is 10.1 Å². The van der Waals surface area contributed by atoms with Gasteiger partial charge in [0, 0.05) is 13.7 Å². The molecule has 0 saturated carbocycles. The number of amides is 1. The molecule has 0 bridgehead atoms. The van der Waals surface area contributed by atoms with Gasteiger partial charge in [0.1, 0.15) is 5.75 Å². The molecule has 0 fully saturated rings. The predicted molar refractivity (Wildman–Crippen MR) is 116 cm³/mol. The van der Waals surface area contributed by atoms with Crippen molar-refractivity contribution in [2.24, 2.45) is 4.99 Å². The topological polar surface area (TPSA) is 70.6 Å². The van der Waals surface area contributed by atoms with E-state index in [1.807, 2.05) is 60.0 Å². The van der Waals surface area contributed by atoms with Crippen molar-refractivity contribution >= 4 is 27.5 Å². The second-order valence-corrected chi connectivity index (χ2v) is 7.68. The van der Waals surface area contributed by atoms with Gasteiger partial charge in [0.25, 0.3) is 5.91 Å². The van der Waals surface area contributed by atoms with Crippen LogP contribution in [0.2, 0.25) is 0 Å². The van der Waals surface area contributed by atoms with E-state index >= 15 is 0 Å². The molecule has 0 unspecified atom stereocenters. The summed E-state index contributed by atoms with van der Waals surface area (Å²) in [6, 6.07) is 15.5. The van der Waals surface area contributed by atoms with Gasteiger partial charge in [0.05, 0.1) is 47.1 Å². The first-order valence-electron chi connectivity index (χ1n) is 9.48. The lowest BCUT2D eigenvalue weighted by Gasteiger charge is -2.05. The summed E-state index contributed by atoms with van der Waals surface area (Å²) in [6.07, 6.45) is 1.57. The summed E-state index contributed by atoms with van der Waals surface area (Å²) in [7, 11) is 3.29. The molecule has 1 amide bonds. The van der Waals surface area contributed by atoms with Crippen LogP contribution in [-0.4, -0.2) is 41.1 Å². The fourth-order valence-electron chi connectivity index (χ4n) is 3.26. The molecular weight excluding hydrogens is 400 g/mol. The highest BCUT2D eigenvalue weighted by Crippen LogP contribution is 2.23. The van der Waals surface area contributed by atoms with E-state index in [0.717, 1.165) is 27.3 Å². The molecule has 8 heteroatoms. The van der Waals surface area contributed by atoms with E-state index in [1.54, 1.807) is 25.1 Å². The number of carbonyl (C=O) groups is 1. The highest BCUT2D eigenvalue weighted by Gasteiger charge is 2.16. The first-order valence-corrected chi connectivity index (χ1v) is 10.3. The third kappa shape index (κ3) is 3.79. The molecule has 0 N–H and O–H groups in total. The van der Waals surface area contributed by atoms with Crippen LogP contribution in [0.25, 0.3) is 15.9 Å². The number of hydrogen-bond acceptors (Lipinski definition) is 5. The van der Waals surface area contributed by atoms with Crippen molar-refractivity contribution in [2.45, 2.75) is 13.5 Å². The Labute approximate surface area is 177 Å². The zero-order chi connectivity index (χ0) is 21.1. The molecule has 2 aromatic carbocycles. The summed E-state index contributed by atoms with van der Waals surface area (Å²) in [4.78, 5) is 18.1. The molecule has 0 aliphatic carbocycles. The lowest BCUT2D eigenvalue weighted by molar-refractivity contribution is 0.0996. The Morgan fingerprint density at radius 2 is 1.97 bits per heavy atom. The van der Waals surface area contributed by atoms with Crippen LogP contribution < -0.4 is 9.54 Å². The molecule has 0 atom stereocenters.